The quantitative estimate of drug-likeness (QED) is 0.174. The first kappa shape index (κ1) is 31.7. The molecule has 6 heterocycles. The highest BCUT2D eigenvalue weighted by Crippen LogP contribution is 2.51. The van der Waals surface area contributed by atoms with Crippen molar-refractivity contribution in [1.82, 2.24) is 25.1 Å². The summed E-state index contributed by atoms with van der Waals surface area (Å²) >= 11 is 7.80. The molecule has 254 valence electrons. The van der Waals surface area contributed by atoms with Gasteiger partial charge in [-0.1, -0.05) is 23.7 Å². The van der Waals surface area contributed by atoms with Crippen LogP contribution in [-0.2, 0) is 19.3 Å². The van der Waals surface area contributed by atoms with Crippen LogP contribution in [-0.4, -0.2) is 37.5 Å². The van der Waals surface area contributed by atoms with E-state index in [0.29, 0.717) is 71.8 Å². The Labute approximate surface area is 299 Å². The maximum Gasteiger partial charge on any atom is 0.257 e. The van der Waals surface area contributed by atoms with Crippen LogP contribution < -0.4 is 5.32 Å². The number of anilines is 1. The number of halogens is 3. The number of amides is 1. The van der Waals surface area contributed by atoms with Crippen LogP contribution in [0.4, 0.5) is 14.6 Å². The van der Waals surface area contributed by atoms with Gasteiger partial charge in [0.25, 0.3) is 5.91 Å². The molecule has 0 bridgehead atoms. The van der Waals surface area contributed by atoms with Gasteiger partial charge in [-0.05, 0) is 90.9 Å². The van der Waals surface area contributed by atoms with E-state index in [4.69, 9.17) is 26.0 Å². The van der Waals surface area contributed by atoms with E-state index >= 15 is 4.39 Å². The molecule has 4 aromatic heterocycles. The largest absolute Gasteiger partial charge is 0.421 e. The Morgan fingerprint density at radius 2 is 1.94 bits per heavy atom. The fraction of sp³-hybridized carbons (Fsp3) is 0.263. The topological polar surface area (TPSA) is 121 Å². The summed E-state index contributed by atoms with van der Waals surface area (Å²) in [5.74, 6) is 0.350. The third-order valence-electron chi connectivity index (χ3n) is 10.2. The molecule has 1 saturated heterocycles. The van der Waals surface area contributed by atoms with E-state index in [1.807, 2.05) is 23.1 Å². The molecule has 1 amide bonds. The monoisotopic (exact) mass is 719 g/mol. The summed E-state index contributed by atoms with van der Waals surface area (Å²) in [7, 11) is 0. The average molecular weight is 720 g/mol. The minimum absolute atomic E-state index is 0.0651. The molecule has 0 radical (unpaired) electrons. The summed E-state index contributed by atoms with van der Waals surface area (Å²) in [6.07, 6.45) is 5.61. The number of aryl methyl sites for hydroxylation is 3. The summed E-state index contributed by atoms with van der Waals surface area (Å²) in [5.41, 5.74) is 5.37. The lowest BCUT2D eigenvalue weighted by Gasteiger charge is -2.16. The second-order valence-electron chi connectivity index (χ2n) is 13.1. The number of fused-ring (bicyclic) bond motifs is 5. The van der Waals surface area contributed by atoms with E-state index in [1.54, 1.807) is 31.3 Å². The number of nitriles is 1. The van der Waals surface area contributed by atoms with E-state index in [1.165, 1.54) is 23.5 Å². The molecule has 0 saturated carbocycles. The van der Waals surface area contributed by atoms with Crippen LogP contribution in [0.3, 0.4) is 0 Å². The van der Waals surface area contributed by atoms with Gasteiger partial charge >= 0.3 is 0 Å². The number of aromatic nitrogens is 4. The number of nitrogens with one attached hydrogen (secondary N) is 1. The van der Waals surface area contributed by atoms with E-state index in [0.717, 1.165) is 44.8 Å². The third kappa shape index (κ3) is 5.17. The van der Waals surface area contributed by atoms with Gasteiger partial charge < -0.3 is 14.6 Å². The number of carbonyl (C=O) groups excluding carboxylic acids is 1. The normalized spacial score (nSPS) is 17.5. The second-order valence-corrected chi connectivity index (χ2v) is 14.6. The van der Waals surface area contributed by atoms with Crippen molar-refractivity contribution in [3.05, 3.63) is 110 Å². The molecule has 6 aromatic rings. The molecule has 2 aliphatic heterocycles. The van der Waals surface area contributed by atoms with Crippen LogP contribution in [0.25, 0.3) is 32.0 Å². The van der Waals surface area contributed by atoms with Gasteiger partial charge in [-0.25, -0.2) is 13.8 Å². The van der Waals surface area contributed by atoms with E-state index in [2.05, 4.69) is 15.5 Å². The lowest BCUT2D eigenvalue weighted by Crippen LogP contribution is -2.22. The number of hydrogen-bond donors (Lipinski definition) is 1. The van der Waals surface area contributed by atoms with Crippen molar-refractivity contribution in [2.24, 2.45) is 0 Å². The van der Waals surface area contributed by atoms with Crippen molar-refractivity contribution in [2.45, 2.75) is 57.5 Å². The van der Waals surface area contributed by atoms with Crippen LogP contribution in [0, 0.1) is 29.9 Å². The number of benzene rings is 2. The molecule has 9 nitrogen and oxygen atoms in total. The summed E-state index contributed by atoms with van der Waals surface area (Å²) in [5, 5.41) is 22.5. The van der Waals surface area contributed by atoms with Crippen molar-refractivity contribution >= 4 is 44.7 Å². The number of hydrogen-bond acceptors (Lipinski definition) is 9. The Bertz CT molecular complexity index is 2460. The number of carbonyl (C=O) groups is 1. The smallest absolute Gasteiger partial charge is 0.257 e. The zero-order chi connectivity index (χ0) is 35.0. The van der Waals surface area contributed by atoms with Crippen molar-refractivity contribution in [1.29, 1.82) is 5.26 Å². The Balaban J connectivity index is 1.19. The van der Waals surface area contributed by atoms with E-state index < -0.39 is 5.82 Å². The van der Waals surface area contributed by atoms with Gasteiger partial charge in [-0.3, -0.25) is 9.78 Å². The second kappa shape index (κ2) is 12.2. The molecular weight excluding hydrogens is 692 g/mol. The SMILES string of the molecule is Cc1nnc(-c2c(CCc3ccc(F)cc3)nc3c(c2-c2cc4ccnc(N[C@@H]5CCc6c5cc(Cl)c(C#N)c6F)c4s2)C(=O)N2CCC[C@@H]32)o1. The molecule has 9 rings (SSSR count). The summed E-state index contributed by atoms with van der Waals surface area (Å²) in [4.78, 5) is 26.8. The van der Waals surface area contributed by atoms with E-state index in [-0.39, 0.29) is 40.3 Å². The van der Waals surface area contributed by atoms with Gasteiger partial charge in [0.1, 0.15) is 29.1 Å². The predicted molar refractivity (Wildman–Crippen MR) is 189 cm³/mol. The minimum atomic E-state index is -0.565. The number of pyridine rings is 2. The summed E-state index contributed by atoms with van der Waals surface area (Å²) in [6, 6.07) is 13.6. The fourth-order valence-electron chi connectivity index (χ4n) is 7.81. The summed E-state index contributed by atoms with van der Waals surface area (Å²) in [6.45, 7) is 2.38. The maximum atomic E-state index is 15.2. The van der Waals surface area contributed by atoms with Crippen LogP contribution in [0.15, 0.2) is 53.1 Å². The first-order valence-corrected chi connectivity index (χ1v) is 18.0. The Hall–Kier alpha value is -5.25. The van der Waals surface area contributed by atoms with E-state index in [9.17, 15) is 14.4 Å². The molecule has 0 unspecified atom stereocenters. The number of rotatable bonds is 7. The lowest BCUT2D eigenvalue weighted by atomic mass is 9.93. The molecule has 1 N–H and O–H groups in total. The number of nitrogens with zero attached hydrogens (tertiary/aromatic N) is 6. The Morgan fingerprint density at radius 1 is 1.10 bits per heavy atom. The zero-order valence-electron chi connectivity index (χ0n) is 27.3. The van der Waals surface area contributed by atoms with Crippen LogP contribution in [0.1, 0.15) is 81.2 Å². The molecule has 2 aromatic carbocycles. The van der Waals surface area contributed by atoms with Crippen molar-refractivity contribution in [3.8, 4) is 28.0 Å². The molecule has 1 aliphatic carbocycles. The first-order valence-electron chi connectivity index (χ1n) is 16.8. The minimum Gasteiger partial charge on any atom is -0.421 e. The fourth-order valence-corrected chi connectivity index (χ4v) is 9.22. The first-order chi connectivity index (χ1) is 24.8. The molecule has 51 heavy (non-hydrogen) atoms. The van der Waals surface area contributed by atoms with Crippen LogP contribution >= 0.6 is 22.9 Å². The molecule has 2 atom stereocenters. The van der Waals surface area contributed by atoms with Gasteiger partial charge in [-0.2, -0.15) is 5.26 Å². The predicted octanol–water partition coefficient (Wildman–Crippen LogP) is 8.70. The van der Waals surface area contributed by atoms with Crippen LogP contribution in [0.5, 0.6) is 0 Å². The lowest BCUT2D eigenvalue weighted by molar-refractivity contribution is 0.0776. The van der Waals surface area contributed by atoms with Crippen LogP contribution in [0.2, 0.25) is 5.02 Å². The van der Waals surface area contributed by atoms with Gasteiger partial charge in [0.2, 0.25) is 11.8 Å². The third-order valence-corrected chi connectivity index (χ3v) is 11.6. The van der Waals surface area contributed by atoms with Gasteiger partial charge in [0, 0.05) is 30.1 Å². The maximum absolute atomic E-state index is 15.2. The standard InChI is InChI=1S/C38H28ClF2N7O2S/c1-18-46-47-37(50-18)30-27(10-6-19-4-7-21(40)8-5-19)44-34-28-3-2-14-48(28)38(49)32(34)31(30)29-15-20-12-13-43-36(35(20)51-29)45-26-11-9-22-23(26)16-25(39)24(17-42)33(22)41/h4-5,7-8,12-13,15-16,26,28H,2-3,6,9-11,14H2,1H3,(H,43,45)/t26-,28+/m1/s1. The number of thiophene rings is 1. The van der Waals surface area contributed by atoms with Crippen molar-refractivity contribution in [2.75, 3.05) is 11.9 Å². The average Bonchev–Trinajstić information content (AvgIpc) is 3.96. The highest BCUT2D eigenvalue weighted by atomic mass is 35.5. The Kier molecular flexibility index (Phi) is 7.59. The van der Waals surface area contributed by atoms with Crippen molar-refractivity contribution < 1.29 is 18.0 Å². The molecule has 13 heteroatoms. The Morgan fingerprint density at radius 3 is 2.73 bits per heavy atom. The molecule has 1 fully saturated rings. The van der Waals surface area contributed by atoms with Gasteiger partial charge in [0.15, 0.2) is 0 Å². The van der Waals surface area contributed by atoms with Gasteiger partial charge in [-0.15, -0.1) is 21.5 Å². The molecular formula is C38H28ClF2N7O2S. The highest BCUT2D eigenvalue weighted by Gasteiger charge is 2.45. The van der Waals surface area contributed by atoms with Gasteiger partial charge in [0.05, 0.1) is 44.3 Å². The highest BCUT2D eigenvalue weighted by molar-refractivity contribution is 7.23. The zero-order valence-corrected chi connectivity index (χ0v) is 28.8. The molecule has 0 spiro atoms. The summed E-state index contributed by atoms with van der Waals surface area (Å²) < 4.78 is 35.8. The van der Waals surface area contributed by atoms with Crippen molar-refractivity contribution in [3.63, 3.8) is 0 Å². The molecule has 3 aliphatic rings.